The van der Waals surface area contributed by atoms with Crippen LogP contribution in [0.25, 0.3) is 0 Å². The van der Waals surface area contributed by atoms with Gasteiger partial charge in [-0.2, -0.15) is 26.3 Å². The summed E-state index contributed by atoms with van der Waals surface area (Å²) in [5, 5.41) is 0. The third-order valence-electron chi connectivity index (χ3n) is 2.36. The summed E-state index contributed by atoms with van der Waals surface area (Å²) in [5.41, 5.74) is -4.52. The summed E-state index contributed by atoms with van der Waals surface area (Å²) in [5.74, 6) is -0.710. The number of alkyl halides is 7. The van der Waals surface area contributed by atoms with Crippen molar-refractivity contribution < 1.29 is 35.5 Å². The Hall–Kier alpha value is -0.790. The minimum atomic E-state index is -5.08. The van der Waals surface area contributed by atoms with Gasteiger partial charge in [-0.1, -0.05) is 13.5 Å². The van der Waals surface area contributed by atoms with Crippen molar-refractivity contribution in [2.24, 2.45) is 5.92 Å². The SMILES string of the molecule is C=C(CC(C)COCC(C)(F)C(F)(F)F)C(F)(F)F. The van der Waals surface area contributed by atoms with Gasteiger partial charge in [-0.05, 0) is 19.3 Å². The highest BCUT2D eigenvalue weighted by molar-refractivity contribution is 5.03. The van der Waals surface area contributed by atoms with Crippen LogP contribution >= 0.6 is 0 Å². The molecule has 0 rings (SSSR count). The molecule has 0 aliphatic heterocycles. The van der Waals surface area contributed by atoms with Crippen LogP contribution in [0.5, 0.6) is 0 Å². The van der Waals surface area contributed by atoms with Crippen molar-refractivity contribution in [3.8, 4) is 0 Å². The van der Waals surface area contributed by atoms with Crippen molar-refractivity contribution in [2.45, 2.75) is 38.3 Å². The smallest absolute Gasteiger partial charge is 0.377 e. The Morgan fingerprint density at radius 1 is 1.11 bits per heavy atom. The lowest BCUT2D eigenvalue weighted by atomic mass is 10.0. The highest BCUT2D eigenvalue weighted by atomic mass is 19.4. The molecule has 2 atom stereocenters. The van der Waals surface area contributed by atoms with Gasteiger partial charge >= 0.3 is 12.4 Å². The molecule has 8 heteroatoms. The van der Waals surface area contributed by atoms with Crippen LogP contribution in [-0.2, 0) is 4.74 Å². The van der Waals surface area contributed by atoms with Crippen LogP contribution in [0.3, 0.4) is 0 Å². The first-order valence-corrected chi connectivity index (χ1v) is 5.35. The van der Waals surface area contributed by atoms with Crippen LogP contribution in [0.2, 0.25) is 0 Å². The van der Waals surface area contributed by atoms with Crippen LogP contribution in [-0.4, -0.2) is 31.2 Å². The second-order valence-electron chi connectivity index (χ2n) is 4.62. The first-order chi connectivity index (χ1) is 8.27. The largest absolute Gasteiger partial charge is 0.424 e. The highest BCUT2D eigenvalue weighted by Gasteiger charge is 2.52. The highest BCUT2D eigenvalue weighted by Crippen LogP contribution is 2.34. The zero-order valence-electron chi connectivity index (χ0n) is 10.5. The summed E-state index contributed by atoms with van der Waals surface area (Å²) in [6, 6.07) is 0. The van der Waals surface area contributed by atoms with Gasteiger partial charge in [0.05, 0.1) is 6.61 Å². The summed E-state index contributed by atoms with van der Waals surface area (Å²) >= 11 is 0. The van der Waals surface area contributed by atoms with Gasteiger partial charge in [0.1, 0.15) is 0 Å². The fourth-order valence-corrected chi connectivity index (χ4v) is 1.13. The molecule has 0 amide bonds. The van der Waals surface area contributed by atoms with E-state index in [1.54, 1.807) is 0 Å². The predicted octanol–water partition coefficient (Wildman–Crippen LogP) is 4.44. The molecule has 0 radical (unpaired) electrons. The molecule has 2 unspecified atom stereocenters. The molecular formula is C11H15F7O. The molecule has 0 aromatic carbocycles. The molecule has 0 aromatic heterocycles. The number of rotatable bonds is 6. The van der Waals surface area contributed by atoms with Crippen molar-refractivity contribution in [1.82, 2.24) is 0 Å². The van der Waals surface area contributed by atoms with Crippen molar-refractivity contribution in [1.29, 1.82) is 0 Å². The van der Waals surface area contributed by atoms with E-state index in [0.29, 0.717) is 6.92 Å². The van der Waals surface area contributed by atoms with Crippen LogP contribution in [0, 0.1) is 5.92 Å². The van der Waals surface area contributed by atoms with Gasteiger partial charge in [0.25, 0.3) is 0 Å². The van der Waals surface area contributed by atoms with E-state index in [9.17, 15) is 30.7 Å². The van der Waals surface area contributed by atoms with E-state index in [1.165, 1.54) is 6.92 Å². The third kappa shape index (κ3) is 6.26. The van der Waals surface area contributed by atoms with Crippen LogP contribution in [0.4, 0.5) is 30.7 Å². The van der Waals surface area contributed by atoms with E-state index in [0.717, 1.165) is 0 Å². The first kappa shape index (κ1) is 18.2. The van der Waals surface area contributed by atoms with Gasteiger partial charge < -0.3 is 4.74 Å². The van der Waals surface area contributed by atoms with Gasteiger partial charge in [0, 0.05) is 12.2 Å². The van der Waals surface area contributed by atoms with Crippen LogP contribution < -0.4 is 0 Å². The van der Waals surface area contributed by atoms with Crippen molar-refractivity contribution in [2.75, 3.05) is 13.2 Å². The molecule has 0 bridgehead atoms. The van der Waals surface area contributed by atoms with Gasteiger partial charge in [-0.15, -0.1) is 0 Å². The van der Waals surface area contributed by atoms with Crippen molar-refractivity contribution in [3.05, 3.63) is 12.2 Å². The molecular weight excluding hydrogens is 281 g/mol. The minimum absolute atomic E-state index is 0.312. The number of halogens is 7. The van der Waals surface area contributed by atoms with Crippen molar-refractivity contribution in [3.63, 3.8) is 0 Å². The molecule has 0 saturated heterocycles. The molecule has 114 valence electrons. The Labute approximate surface area is 106 Å². The molecule has 19 heavy (non-hydrogen) atoms. The maximum atomic E-state index is 13.1. The van der Waals surface area contributed by atoms with E-state index in [4.69, 9.17) is 0 Å². The average Bonchev–Trinajstić information content (AvgIpc) is 2.13. The van der Waals surface area contributed by atoms with Gasteiger partial charge in [0.2, 0.25) is 5.67 Å². The Balaban J connectivity index is 4.13. The van der Waals surface area contributed by atoms with Gasteiger partial charge in [-0.25, -0.2) is 4.39 Å². The lowest BCUT2D eigenvalue weighted by Crippen LogP contribution is -2.42. The second kappa shape index (κ2) is 6.11. The molecule has 0 fully saturated rings. The lowest BCUT2D eigenvalue weighted by Gasteiger charge is -2.24. The first-order valence-electron chi connectivity index (χ1n) is 5.35. The fraction of sp³-hybridized carbons (Fsp3) is 0.818. The van der Waals surface area contributed by atoms with E-state index in [1.807, 2.05) is 0 Å². The molecule has 0 spiro atoms. The van der Waals surface area contributed by atoms with Gasteiger partial charge in [0.15, 0.2) is 0 Å². The summed E-state index contributed by atoms with van der Waals surface area (Å²) < 4.78 is 90.3. The monoisotopic (exact) mass is 296 g/mol. The Morgan fingerprint density at radius 2 is 1.58 bits per heavy atom. The minimum Gasteiger partial charge on any atom is -0.377 e. The quantitative estimate of drug-likeness (QED) is 0.520. The molecule has 0 N–H and O–H groups in total. The van der Waals surface area contributed by atoms with Crippen molar-refractivity contribution >= 4 is 0 Å². The maximum absolute atomic E-state index is 13.1. The van der Waals surface area contributed by atoms with Crippen LogP contribution in [0.15, 0.2) is 12.2 Å². The third-order valence-corrected chi connectivity index (χ3v) is 2.36. The van der Waals surface area contributed by atoms with E-state index < -0.39 is 49.1 Å². The standard InChI is InChI=1S/C11H15F7O/c1-7(4-8(2)10(13,14)15)5-19-6-9(3,12)11(16,17)18/h7H,2,4-6H2,1,3H3. The molecule has 0 saturated carbocycles. The number of hydrogen-bond acceptors (Lipinski definition) is 1. The summed E-state index contributed by atoms with van der Waals surface area (Å²) in [4.78, 5) is 0. The number of ether oxygens (including phenoxy) is 1. The van der Waals surface area contributed by atoms with E-state index in [-0.39, 0.29) is 0 Å². The second-order valence-corrected chi connectivity index (χ2v) is 4.62. The fourth-order valence-electron chi connectivity index (χ4n) is 1.13. The zero-order valence-corrected chi connectivity index (χ0v) is 10.5. The number of allylic oxidation sites excluding steroid dienone is 1. The summed E-state index contributed by atoms with van der Waals surface area (Å²) in [7, 11) is 0. The van der Waals surface area contributed by atoms with E-state index in [2.05, 4.69) is 11.3 Å². The Kier molecular flexibility index (Phi) is 5.85. The molecule has 0 aliphatic carbocycles. The summed E-state index contributed by atoms with van der Waals surface area (Å²) in [6.45, 7) is 2.82. The van der Waals surface area contributed by atoms with E-state index >= 15 is 0 Å². The maximum Gasteiger partial charge on any atom is 0.424 e. The molecule has 1 nitrogen and oxygen atoms in total. The Morgan fingerprint density at radius 3 is 1.95 bits per heavy atom. The number of hydrogen-bond donors (Lipinski definition) is 0. The predicted molar refractivity (Wildman–Crippen MR) is 55.4 cm³/mol. The average molecular weight is 296 g/mol. The molecule has 0 aliphatic rings. The van der Waals surface area contributed by atoms with Gasteiger partial charge in [-0.3, -0.25) is 0 Å². The topological polar surface area (TPSA) is 9.23 Å². The molecule has 0 heterocycles. The lowest BCUT2D eigenvalue weighted by molar-refractivity contribution is -0.239. The summed E-state index contributed by atoms with van der Waals surface area (Å²) in [6.07, 6.45) is -10.1. The normalized spacial score (nSPS) is 17.9. The Bertz CT molecular complexity index is 303. The van der Waals surface area contributed by atoms with Crippen LogP contribution in [0.1, 0.15) is 20.3 Å². The zero-order chi connectivity index (χ0) is 15.5. The molecule has 0 aromatic rings.